The number of alkyl halides is 1. The van der Waals surface area contributed by atoms with Crippen LogP contribution in [0.4, 0.5) is 4.39 Å². The Bertz CT molecular complexity index is 649. The number of pyridine rings is 1. The van der Waals surface area contributed by atoms with Crippen LogP contribution in [0.25, 0.3) is 0 Å². The van der Waals surface area contributed by atoms with Gasteiger partial charge in [-0.1, -0.05) is 0 Å². The molecule has 2 heterocycles. The van der Waals surface area contributed by atoms with E-state index in [0.29, 0.717) is 19.3 Å². The molecule has 4 aliphatic rings. The standard InChI is InChI=1S/C12H12FN3O3/c13-11-3-12(4-11,5-11)15-6-14-16-2-1-7(17)9(18)8(16)10(15)19/h1-2,14,18H,3-6H2. The summed E-state index contributed by atoms with van der Waals surface area (Å²) in [4.78, 5) is 25.3. The van der Waals surface area contributed by atoms with Crippen LogP contribution in [-0.2, 0) is 0 Å². The highest BCUT2D eigenvalue weighted by atomic mass is 19.1. The molecule has 3 aliphatic carbocycles. The Balaban J connectivity index is 1.75. The average Bonchev–Trinajstić information content (AvgIpc) is 2.29. The van der Waals surface area contributed by atoms with E-state index in [1.54, 1.807) is 0 Å². The second-order valence-corrected chi connectivity index (χ2v) is 5.70. The zero-order valence-electron chi connectivity index (χ0n) is 10.0. The van der Waals surface area contributed by atoms with Crippen LogP contribution in [0.15, 0.2) is 17.1 Å². The van der Waals surface area contributed by atoms with Crippen LogP contribution in [0.3, 0.4) is 0 Å². The number of aromatic hydroxyl groups is 1. The van der Waals surface area contributed by atoms with Crippen molar-refractivity contribution in [2.24, 2.45) is 0 Å². The number of hydrogen-bond donors (Lipinski definition) is 2. The third kappa shape index (κ3) is 1.15. The van der Waals surface area contributed by atoms with E-state index in [9.17, 15) is 19.1 Å². The van der Waals surface area contributed by atoms with Crippen LogP contribution in [0.1, 0.15) is 29.8 Å². The van der Waals surface area contributed by atoms with Gasteiger partial charge in [0.15, 0.2) is 11.4 Å². The third-order valence-corrected chi connectivity index (χ3v) is 4.43. The van der Waals surface area contributed by atoms with Gasteiger partial charge < -0.3 is 15.4 Å². The molecule has 2 bridgehead atoms. The van der Waals surface area contributed by atoms with Crippen LogP contribution < -0.4 is 10.9 Å². The van der Waals surface area contributed by atoms with Crippen molar-refractivity contribution >= 4 is 5.91 Å². The molecule has 1 aromatic rings. The number of carbonyl (C=O) groups excluding carboxylic acids is 1. The second-order valence-electron chi connectivity index (χ2n) is 5.70. The molecule has 3 saturated carbocycles. The number of halogens is 1. The molecule has 3 fully saturated rings. The summed E-state index contributed by atoms with van der Waals surface area (Å²) in [6.07, 6.45) is 2.47. The van der Waals surface area contributed by atoms with Crippen molar-refractivity contribution in [3.63, 3.8) is 0 Å². The average molecular weight is 265 g/mol. The lowest BCUT2D eigenvalue weighted by Crippen LogP contribution is -2.78. The highest BCUT2D eigenvalue weighted by molar-refractivity contribution is 5.96. The van der Waals surface area contributed by atoms with E-state index in [2.05, 4.69) is 5.43 Å². The molecule has 7 heteroatoms. The van der Waals surface area contributed by atoms with E-state index in [1.807, 2.05) is 0 Å². The molecule has 19 heavy (non-hydrogen) atoms. The minimum atomic E-state index is -1.10. The van der Waals surface area contributed by atoms with Crippen LogP contribution >= 0.6 is 0 Å². The van der Waals surface area contributed by atoms with Crippen molar-refractivity contribution in [2.75, 3.05) is 12.1 Å². The maximum absolute atomic E-state index is 13.6. The van der Waals surface area contributed by atoms with Gasteiger partial charge >= 0.3 is 0 Å². The number of nitrogens with zero attached hydrogens (tertiary/aromatic N) is 2. The monoisotopic (exact) mass is 265 g/mol. The first-order valence-electron chi connectivity index (χ1n) is 6.14. The highest BCUT2D eigenvalue weighted by Crippen LogP contribution is 2.66. The lowest BCUT2D eigenvalue weighted by Gasteiger charge is -2.69. The fourth-order valence-electron chi connectivity index (χ4n) is 3.49. The SMILES string of the molecule is O=C1c2c(O)c(=O)ccn2NCN1C12CC(F)(C1)C2. The summed E-state index contributed by atoms with van der Waals surface area (Å²) in [5, 5.41) is 9.76. The molecule has 5 rings (SSSR count). The predicted molar refractivity (Wildman–Crippen MR) is 63.2 cm³/mol. The summed E-state index contributed by atoms with van der Waals surface area (Å²) in [5.41, 5.74) is 0.726. The molecule has 0 aromatic carbocycles. The Morgan fingerprint density at radius 1 is 1.32 bits per heavy atom. The van der Waals surface area contributed by atoms with Crippen molar-refractivity contribution in [1.29, 1.82) is 0 Å². The molecular formula is C12H12FN3O3. The number of fused-ring (bicyclic) bond motifs is 1. The third-order valence-electron chi connectivity index (χ3n) is 4.43. The largest absolute Gasteiger partial charge is 0.502 e. The molecular weight excluding hydrogens is 253 g/mol. The molecule has 0 saturated heterocycles. The Kier molecular flexibility index (Phi) is 1.66. The van der Waals surface area contributed by atoms with Crippen molar-refractivity contribution in [3.05, 3.63) is 28.2 Å². The molecule has 1 amide bonds. The van der Waals surface area contributed by atoms with Crippen molar-refractivity contribution in [2.45, 2.75) is 30.5 Å². The number of nitrogens with one attached hydrogen (secondary N) is 1. The topological polar surface area (TPSA) is 74.6 Å². The molecule has 1 aromatic heterocycles. The quantitative estimate of drug-likeness (QED) is 0.758. The number of rotatable bonds is 1. The van der Waals surface area contributed by atoms with Crippen molar-refractivity contribution < 1.29 is 14.3 Å². The lowest BCUT2D eigenvalue weighted by atomic mass is 9.46. The van der Waals surface area contributed by atoms with Crippen LogP contribution in [-0.4, -0.2) is 38.5 Å². The summed E-state index contributed by atoms with van der Waals surface area (Å²) >= 11 is 0. The normalized spacial score (nSPS) is 35.0. The molecule has 0 spiro atoms. The predicted octanol–water partition coefficient (Wildman–Crippen LogP) is 0.155. The number of hydrogen-bond acceptors (Lipinski definition) is 4. The van der Waals surface area contributed by atoms with Crippen LogP contribution in [0.5, 0.6) is 5.75 Å². The molecule has 0 atom stereocenters. The minimum Gasteiger partial charge on any atom is -0.502 e. The van der Waals surface area contributed by atoms with Gasteiger partial charge in [0, 0.05) is 31.5 Å². The first-order valence-corrected chi connectivity index (χ1v) is 6.14. The van der Waals surface area contributed by atoms with E-state index in [1.165, 1.54) is 21.8 Å². The maximum atomic E-state index is 13.6. The van der Waals surface area contributed by atoms with E-state index in [-0.39, 0.29) is 12.4 Å². The Morgan fingerprint density at radius 3 is 2.63 bits per heavy atom. The fraction of sp³-hybridized carbons (Fsp3) is 0.500. The summed E-state index contributed by atoms with van der Waals surface area (Å²) < 4.78 is 14.9. The zero-order valence-corrected chi connectivity index (χ0v) is 10.0. The first kappa shape index (κ1) is 10.8. The minimum absolute atomic E-state index is 0.0728. The van der Waals surface area contributed by atoms with Crippen molar-refractivity contribution in [3.8, 4) is 5.75 Å². The van der Waals surface area contributed by atoms with Gasteiger partial charge in [-0.2, -0.15) is 0 Å². The smallest absolute Gasteiger partial charge is 0.278 e. The molecule has 1 aliphatic heterocycles. The van der Waals surface area contributed by atoms with Gasteiger partial charge in [0.05, 0.1) is 5.54 Å². The fourth-order valence-corrected chi connectivity index (χ4v) is 3.49. The van der Waals surface area contributed by atoms with Gasteiger partial charge in [-0.05, 0) is 0 Å². The molecule has 0 radical (unpaired) electrons. The Morgan fingerprint density at radius 2 is 2.00 bits per heavy atom. The molecule has 6 nitrogen and oxygen atoms in total. The van der Waals surface area contributed by atoms with E-state index >= 15 is 0 Å². The summed E-state index contributed by atoms with van der Waals surface area (Å²) in [6, 6.07) is 1.19. The molecule has 0 unspecified atom stereocenters. The number of carbonyl (C=O) groups is 1. The van der Waals surface area contributed by atoms with Crippen LogP contribution in [0.2, 0.25) is 0 Å². The molecule has 100 valence electrons. The van der Waals surface area contributed by atoms with Gasteiger partial charge in [0.1, 0.15) is 12.3 Å². The summed E-state index contributed by atoms with van der Waals surface area (Å²) in [5.74, 6) is -0.984. The van der Waals surface area contributed by atoms with Gasteiger partial charge in [-0.3, -0.25) is 14.3 Å². The first-order chi connectivity index (χ1) is 8.94. The van der Waals surface area contributed by atoms with E-state index < -0.39 is 28.3 Å². The number of aromatic nitrogens is 1. The van der Waals surface area contributed by atoms with Gasteiger partial charge in [0.2, 0.25) is 5.43 Å². The van der Waals surface area contributed by atoms with E-state index in [0.717, 1.165) is 0 Å². The zero-order chi connectivity index (χ0) is 13.4. The highest BCUT2D eigenvalue weighted by Gasteiger charge is 2.72. The van der Waals surface area contributed by atoms with E-state index in [4.69, 9.17) is 0 Å². The molecule has 2 N–H and O–H groups in total. The summed E-state index contributed by atoms with van der Waals surface area (Å²) in [7, 11) is 0. The second kappa shape index (κ2) is 2.92. The van der Waals surface area contributed by atoms with Crippen molar-refractivity contribution in [1.82, 2.24) is 9.58 Å². The van der Waals surface area contributed by atoms with Gasteiger partial charge in [-0.15, -0.1) is 0 Å². The summed E-state index contributed by atoms with van der Waals surface area (Å²) in [6.45, 7) is 0.254. The maximum Gasteiger partial charge on any atom is 0.278 e. The Hall–Kier alpha value is -2.05. The van der Waals surface area contributed by atoms with Gasteiger partial charge in [-0.25, -0.2) is 4.39 Å². The lowest BCUT2D eigenvalue weighted by molar-refractivity contribution is -0.212. The Labute approximate surface area is 107 Å². The van der Waals surface area contributed by atoms with Crippen LogP contribution in [0, 0.1) is 0 Å². The van der Waals surface area contributed by atoms with Gasteiger partial charge in [0.25, 0.3) is 5.91 Å². The number of amides is 1.